The van der Waals surface area contributed by atoms with Gasteiger partial charge < -0.3 is 10.5 Å². The maximum absolute atomic E-state index is 7.73. The van der Waals surface area contributed by atoms with E-state index in [9.17, 15) is 0 Å². The van der Waals surface area contributed by atoms with E-state index < -0.39 is 5.60 Å². The van der Waals surface area contributed by atoms with Crippen LogP contribution in [0.1, 0.15) is 38.5 Å². The zero-order valence-corrected chi connectivity index (χ0v) is 11.3. The zero-order valence-electron chi connectivity index (χ0n) is 11.3. The fourth-order valence-electron chi connectivity index (χ4n) is 4.46. The molecule has 3 aliphatic rings. The molecule has 3 atom stereocenters. The van der Waals surface area contributed by atoms with Crippen molar-refractivity contribution in [1.29, 1.82) is 5.41 Å². The Morgan fingerprint density at radius 3 is 2.44 bits per heavy atom. The lowest BCUT2D eigenvalue weighted by Gasteiger charge is -2.44. The van der Waals surface area contributed by atoms with Crippen LogP contribution in [0, 0.1) is 17.2 Å². The average Bonchev–Trinajstić information content (AvgIpc) is 3.01. The van der Waals surface area contributed by atoms with Crippen LogP contribution in [0.25, 0.3) is 0 Å². The van der Waals surface area contributed by atoms with Crippen molar-refractivity contribution in [3.8, 4) is 0 Å². The van der Waals surface area contributed by atoms with Gasteiger partial charge in [-0.2, -0.15) is 0 Å². The van der Waals surface area contributed by atoms with E-state index in [0.717, 1.165) is 43.8 Å². The number of hydrogen-bond acceptors (Lipinski definition) is 3. The van der Waals surface area contributed by atoms with Gasteiger partial charge in [0.15, 0.2) is 0 Å². The molecule has 4 nitrogen and oxygen atoms in total. The summed E-state index contributed by atoms with van der Waals surface area (Å²) in [7, 11) is 1.69. The van der Waals surface area contributed by atoms with Gasteiger partial charge in [0.05, 0.1) is 0 Å². The molecule has 2 bridgehead atoms. The average molecular weight is 251 g/mol. The van der Waals surface area contributed by atoms with Gasteiger partial charge in [0.25, 0.3) is 0 Å². The molecule has 2 saturated carbocycles. The van der Waals surface area contributed by atoms with Gasteiger partial charge in [0.2, 0.25) is 0 Å². The predicted molar refractivity (Wildman–Crippen MR) is 71.7 cm³/mol. The quantitative estimate of drug-likeness (QED) is 0.591. The van der Waals surface area contributed by atoms with E-state index in [1.807, 2.05) is 0 Å². The standard InChI is InChI=1S/C14H25N3O/c1-18-14(13(15)16)4-6-17(7-5-14)12-9-10-2-3-11(12)8-10/h10-12H,2-9H2,1H3,(H3,15,16). The first kappa shape index (κ1) is 12.4. The molecule has 0 amide bonds. The molecular weight excluding hydrogens is 226 g/mol. The molecule has 1 saturated heterocycles. The van der Waals surface area contributed by atoms with E-state index in [1.54, 1.807) is 7.11 Å². The number of likely N-dealkylation sites (tertiary alicyclic amines) is 1. The highest BCUT2D eigenvalue weighted by Crippen LogP contribution is 2.47. The number of hydrogen-bond donors (Lipinski definition) is 2. The van der Waals surface area contributed by atoms with Crippen molar-refractivity contribution in [2.45, 2.75) is 50.2 Å². The Labute approximate surface area is 109 Å². The van der Waals surface area contributed by atoms with Crippen LogP contribution in [0.2, 0.25) is 0 Å². The van der Waals surface area contributed by atoms with Crippen LogP contribution in [-0.2, 0) is 4.74 Å². The van der Waals surface area contributed by atoms with E-state index in [0.29, 0.717) is 0 Å². The number of piperidine rings is 1. The molecular formula is C14H25N3O. The summed E-state index contributed by atoms with van der Waals surface area (Å²) in [6.45, 7) is 2.09. The minimum Gasteiger partial charge on any atom is -0.385 e. The minimum atomic E-state index is -0.478. The highest BCUT2D eigenvalue weighted by molar-refractivity contribution is 5.86. The molecule has 1 heterocycles. The van der Waals surface area contributed by atoms with Crippen LogP contribution < -0.4 is 5.73 Å². The summed E-state index contributed by atoms with van der Waals surface area (Å²) >= 11 is 0. The van der Waals surface area contributed by atoms with Crippen LogP contribution in [0.5, 0.6) is 0 Å². The third kappa shape index (κ3) is 1.86. The molecule has 3 N–H and O–H groups in total. The van der Waals surface area contributed by atoms with Gasteiger partial charge in [-0.15, -0.1) is 0 Å². The summed E-state index contributed by atoms with van der Waals surface area (Å²) in [5, 5.41) is 7.73. The Kier molecular flexibility index (Phi) is 3.10. The maximum atomic E-state index is 7.73. The van der Waals surface area contributed by atoms with Crippen molar-refractivity contribution < 1.29 is 4.74 Å². The van der Waals surface area contributed by atoms with Gasteiger partial charge in [-0.05, 0) is 43.9 Å². The van der Waals surface area contributed by atoms with Gasteiger partial charge in [0, 0.05) is 26.2 Å². The largest absolute Gasteiger partial charge is 0.385 e. The fraction of sp³-hybridized carbons (Fsp3) is 0.929. The monoisotopic (exact) mass is 251 g/mol. The first-order valence-electron chi connectivity index (χ1n) is 7.28. The van der Waals surface area contributed by atoms with E-state index in [-0.39, 0.29) is 5.84 Å². The van der Waals surface area contributed by atoms with Crippen molar-refractivity contribution >= 4 is 5.84 Å². The first-order chi connectivity index (χ1) is 8.64. The zero-order chi connectivity index (χ0) is 12.8. The third-order valence-electron chi connectivity index (χ3n) is 5.66. The SMILES string of the molecule is COC1(C(=N)N)CCN(C2CC3CCC2C3)CC1. The Balaban J connectivity index is 1.62. The number of fused-ring (bicyclic) bond motifs is 2. The lowest BCUT2D eigenvalue weighted by molar-refractivity contribution is -0.0219. The van der Waals surface area contributed by atoms with Crippen LogP contribution in [0.4, 0.5) is 0 Å². The highest BCUT2D eigenvalue weighted by Gasteiger charge is 2.45. The molecule has 0 radical (unpaired) electrons. The fourth-order valence-corrected chi connectivity index (χ4v) is 4.46. The molecule has 2 aliphatic carbocycles. The van der Waals surface area contributed by atoms with Gasteiger partial charge in [-0.3, -0.25) is 10.3 Å². The molecule has 3 rings (SSSR count). The van der Waals surface area contributed by atoms with E-state index in [1.165, 1.54) is 25.7 Å². The summed E-state index contributed by atoms with van der Waals surface area (Å²) in [6.07, 6.45) is 7.53. The molecule has 4 heteroatoms. The van der Waals surface area contributed by atoms with Crippen LogP contribution in [0.3, 0.4) is 0 Å². The van der Waals surface area contributed by atoms with Crippen LogP contribution in [-0.4, -0.2) is 42.6 Å². The van der Waals surface area contributed by atoms with Crippen molar-refractivity contribution in [3.05, 3.63) is 0 Å². The lowest BCUT2D eigenvalue weighted by Crippen LogP contribution is -2.55. The van der Waals surface area contributed by atoms with Crippen molar-refractivity contribution in [1.82, 2.24) is 4.90 Å². The normalized spacial score (nSPS) is 39.1. The van der Waals surface area contributed by atoms with Gasteiger partial charge in [-0.25, -0.2) is 0 Å². The van der Waals surface area contributed by atoms with Gasteiger partial charge in [0.1, 0.15) is 11.4 Å². The molecule has 0 aromatic heterocycles. The smallest absolute Gasteiger partial charge is 0.126 e. The van der Waals surface area contributed by atoms with Crippen LogP contribution in [0.15, 0.2) is 0 Å². The Bertz CT molecular complexity index is 336. The second-order valence-corrected chi connectivity index (χ2v) is 6.39. The third-order valence-corrected chi connectivity index (χ3v) is 5.66. The Morgan fingerprint density at radius 2 is 2.00 bits per heavy atom. The summed E-state index contributed by atoms with van der Waals surface area (Å²) < 4.78 is 5.54. The second-order valence-electron chi connectivity index (χ2n) is 6.39. The summed E-state index contributed by atoms with van der Waals surface area (Å²) in [5.74, 6) is 2.15. The van der Waals surface area contributed by atoms with E-state index in [4.69, 9.17) is 15.9 Å². The Hall–Kier alpha value is -0.610. The number of nitrogens with two attached hydrogens (primary N) is 1. The maximum Gasteiger partial charge on any atom is 0.126 e. The molecule has 3 fully saturated rings. The number of methoxy groups -OCH3 is 1. The highest BCUT2D eigenvalue weighted by atomic mass is 16.5. The lowest BCUT2D eigenvalue weighted by atomic mass is 9.86. The summed E-state index contributed by atoms with van der Waals surface area (Å²) in [6, 6.07) is 0.811. The summed E-state index contributed by atoms with van der Waals surface area (Å²) in [4.78, 5) is 2.64. The number of rotatable bonds is 3. The molecule has 102 valence electrons. The van der Waals surface area contributed by atoms with E-state index >= 15 is 0 Å². The number of ether oxygens (including phenoxy) is 1. The second kappa shape index (κ2) is 4.49. The molecule has 0 aromatic carbocycles. The summed E-state index contributed by atoms with van der Waals surface area (Å²) in [5.41, 5.74) is 5.23. The first-order valence-corrected chi connectivity index (χ1v) is 7.28. The minimum absolute atomic E-state index is 0.206. The van der Waals surface area contributed by atoms with Crippen molar-refractivity contribution in [2.24, 2.45) is 17.6 Å². The molecule has 3 unspecified atom stereocenters. The topological polar surface area (TPSA) is 62.3 Å². The number of nitrogens with one attached hydrogen (secondary N) is 1. The predicted octanol–water partition coefficient (Wildman–Crippen LogP) is 1.59. The van der Waals surface area contributed by atoms with Gasteiger partial charge in [-0.1, -0.05) is 6.42 Å². The molecule has 18 heavy (non-hydrogen) atoms. The number of amidine groups is 1. The molecule has 1 aliphatic heterocycles. The number of nitrogens with zero attached hydrogens (tertiary/aromatic N) is 1. The van der Waals surface area contributed by atoms with Crippen molar-refractivity contribution in [2.75, 3.05) is 20.2 Å². The van der Waals surface area contributed by atoms with E-state index in [2.05, 4.69) is 4.90 Å². The van der Waals surface area contributed by atoms with Crippen LogP contribution >= 0.6 is 0 Å². The molecule has 0 aromatic rings. The van der Waals surface area contributed by atoms with Gasteiger partial charge >= 0.3 is 0 Å². The van der Waals surface area contributed by atoms with Crippen molar-refractivity contribution in [3.63, 3.8) is 0 Å². The molecule has 0 spiro atoms. The Morgan fingerprint density at radius 1 is 1.28 bits per heavy atom.